The molecule has 0 aliphatic carbocycles. The van der Waals surface area contributed by atoms with Gasteiger partial charge in [-0.1, -0.05) is 146 Å². The molecule has 4 heteroatoms. The highest BCUT2D eigenvalue weighted by atomic mass is 32.1. The van der Waals surface area contributed by atoms with E-state index in [0.29, 0.717) is 0 Å². The summed E-state index contributed by atoms with van der Waals surface area (Å²) in [4.78, 5) is 2.42. The van der Waals surface area contributed by atoms with Crippen LogP contribution in [0.1, 0.15) is 0 Å². The zero-order valence-electron chi connectivity index (χ0n) is 33.5. The molecule has 0 fully saturated rings. The Hall–Kier alpha value is -7.92. The molecule has 0 N–H and O–H groups in total. The summed E-state index contributed by atoms with van der Waals surface area (Å²) < 4.78 is 11.6. The molecule has 3 heterocycles. The predicted octanol–water partition coefficient (Wildman–Crippen LogP) is 17.0. The SMILES string of the molecule is c1cc(N(c2ccc(-c3cccc4c3sc3ccccc34)cc2)c2ccccc2-c2ccc3oc4c5ccccc5ccc4c3c2)cc(-n2c3ccccc3c3ccccc32)c1. The second-order valence-electron chi connectivity index (χ2n) is 16.0. The van der Waals surface area contributed by atoms with Crippen molar-refractivity contribution in [1.29, 1.82) is 0 Å². The van der Waals surface area contributed by atoms with Crippen LogP contribution < -0.4 is 4.90 Å². The molecule has 0 saturated carbocycles. The fraction of sp³-hybridized carbons (Fsp3) is 0. The summed E-state index contributed by atoms with van der Waals surface area (Å²) in [5.41, 5.74) is 13.2. The van der Waals surface area contributed by atoms with Gasteiger partial charge < -0.3 is 13.9 Å². The van der Waals surface area contributed by atoms with Gasteiger partial charge in [0.05, 0.1) is 16.7 Å². The zero-order chi connectivity index (χ0) is 40.7. The Morgan fingerprint density at radius 1 is 0.403 bits per heavy atom. The molecule has 0 saturated heterocycles. The predicted molar refractivity (Wildman–Crippen MR) is 264 cm³/mol. The summed E-state index contributed by atoms with van der Waals surface area (Å²) in [5.74, 6) is 0. The molecule has 3 aromatic heterocycles. The molecule has 0 atom stereocenters. The molecule has 10 aromatic carbocycles. The number of fused-ring (bicyclic) bond motifs is 11. The van der Waals surface area contributed by atoms with E-state index >= 15 is 0 Å². The summed E-state index contributed by atoms with van der Waals surface area (Å²) in [6, 6.07) is 79.2. The molecule has 0 unspecified atom stereocenters. The standard InChI is InChI=1S/C58H36N2OS/c1-2-17-44-37(13-1)29-33-49-51-35-39(30-34-55(51)61-57(44)49)43-16-3-7-23-52(43)59(40-31-27-38(28-32-40)45-21-12-22-50-48-20-6-10-26-56(48)62-58(45)50)41-14-11-15-42(36-41)60-53-24-8-4-18-46(53)47-19-5-9-25-54(47)60/h1-36H. The van der Waals surface area contributed by atoms with Crippen molar-refractivity contribution >= 4 is 103 Å². The van der Waals surface area contributed by atoms with Gasteiger partial charge in [-0.2, -0.15) is 0 Å². The smallest absolute Gasteiger partial charge is 0.143 e. The van der Waals surface area contributed by atoms with Crippen molar-refractivity contribution in [2.24, 2.45) is 0 Å². The second-order valence-corrected chi connectivity index (χ2v) is 17.1. The third-order valence-corrected chi connectivity index (χ3v) is 13.8. The minimum Gasteiger partial charge on any atom is -0.455 e. The van der Waals surface area contributed by atoms with E-state index in [0.717, 1.165) is 61.2 Å². The van der Waals surface area contributed by atoms with Gasteiger partial charge in [-0.15, -0.1) is 11.3 Å². The van der Waals surface area contributed by atoms with Crippen LogP contribution >= 0.6 is 11.3 Å². The van der Waals surface area contributed by atoms with Crippen LogP contribution in [0.3, 0.4) is 0 Å². The van der Waals surface area contributed by atoms with Crippen LogP contribution in [-0.4, -0.2) is 4.57 Å². The van der Waals surface area contributed by atoms with Crippen molar-refractivity contribution in [3.8, 4) is 27.9 Å². The molecule has 290 valence electrons. The van der Waals surface area contributed by atoms with Crippen molar-refractivity contribution in [2.45, 2.75) is 0 Å². The molecule has 3 nitrogen and oxygen atoms in total. The Kier molecular flexibility index (Phi) is 7.78. The Bertz CT molecular complexity index is 3830. The van der Waals surface area contributed by atoms with E-state index in [1.54, 1.807) is 0 Å². The van der Waals surface area contributed by atoms with Gasteiger partial charge in [-0.25, -0.2) is 0 Å². The monoisotopic (exact) mass is 808 g/mol. The number of nitrogens with zero attached hydrogens (tertiary/aromatic N) is 2. The van der Waals surface area contributed by atoms with E-state index in [1.165, 1.54) is 58.5 Å². The van der Waals surface area contributed by atoms with Crippen LogP contribution in [-0.2, 0) is 0 Å². The molecule has 0 bridgehead atoms. The van der Waals surface area contributed by atoms with Crippen LogP contribution in [0.2, 0.25) is 0 Å². The van der Waals surface area contributed by atoms with E-state index < -0.39 is 0 Å². The van der Waals surface area contributed by atoms with Gasteiger partial charge in [-0.3, -0.25) is 0 Å². The number of anilines is 3. The average molecular weight is 809 g/mol. The molecule has 0 aliphatic heterocycles. The van der Waals surface area contributed by atoms with E-state index in [4.69, 9.17) is 4.42 Å². The van der Waals surface area contributed by atoms with Crippen LogP contribution in [0.15, 0.2) is 223 Å². The Balaban J connectivity index is 1.00. The highest BCUT2D eigenvalue weighted by molar-refractivity contribution is 7.26. The van der Waals surface area contributed by atoms with Gasteiger partial charge in [0, 0.05) is 69.7 Å². The Morgan fingerprint density at radius 2 is 1.06 bits per heavy atom. The van der Waals surface area contributed by atoms with Gasteiger partial charge >= 0.3 is 0 Å². The number of thiophene rings is 1. The number of hydrogen-bond donors (Lipinski definition) is 0. The fourth-order valence-electron chi connectivity index (χ4n) is 9.75. The van der Waals surface area contributed by atoms with Gasteiger partial charge in [0.15, 0.2) is 0 Å². The van der Waals surface area contributed by atoms with Crippen LogP contribution in [0.25, 0.3) is 103 Å². The first kappa shape index (κ1) is 34.9. The maximum absolute atomic E-state index is 6.56. The summed E-state index contributed by atoms with van der Waals surface area (Å²) in [6.45, 7) is 0. The van der Waals surface area contributed by atoms with Crippen LogP contribution in [0.5, 0.6) is 0 Å². The molecule has 0 spiro atoms. The first-order valence-electron chi connectivity index (χ1n) is 21.1. The highest BCUT2D eigenvalue weighted by Gasteiger charge is 2.21. The normalized spacial score (nSPS) is 11.9. The highest BCUT2D eigenvalue weighted by Crippen LogP contribution is 2.45. The molecule has 0 aliphatic rings. The topological polar surface area (TPSA) is 21.3 Å². The summed E-state index contributed by atoms with van der Waals surface area (Å²) >= 11 is 1.87. The number of aromatic nitrogens is 1. The lowest BCUT2D eigenvalue weighted by atomic mass is 9.98. The number of para-hydroxylation sites is 3. The lowest BCUT2D eigenvalue weighted by Crippen LogP contribution is -2.11. The van der Waals surface area contributed by atoms with E-state index in [1.807, 2.05) is 11.3 Å². The van der Waals surface area contributed by atoms with Gasteiger partial charge in [0.25, 0.3) is 0 Å². The fourth-order valence-corrected chi connectivity index (χ4v) is 11.0. The maximum atomic E-state index is 6.56. The molecule has 0 amide bonds. The Morgan fingerprint density at radius 3 is 1.90 bits per heavy atom. The lowest BCUT2D eigenvalue weighted by Gasteiger charge is -2.28. The summed E-state index contributed by atoms with van der Waals surface area (Å²) in [7, 11) is 0. The first-order chi connectivity index (χ1) is 30.7. The van der Waals surface area contributed by atoms with E-state index in [-0.39, 0.29) is 0 Å². The summed E-state index contributed by atoms with van der Waals surface area (Å²) in [5, 5.41) is 9.65. The lowest BCUT2D eigenvalue weighted by molar-refractivity contribution is 0.672. The number of hydrogen-bond acceptors (Lipinski definition) is 3. The third kappa shape index (κ3) is 5.37. The Labute approximate surface area is 361 Å². The molecule has 13 aromatic rings. The minimum atomic E-state index is 0.887. The molecule has 62 heavy (non-hydrogen) atoms. The molecular formula is C58H36N2OS. The molecular weight excluding hydrogens is 773 g/mol. The van der Waals surface area contributed by atoms with Crippen molar-refractivity contribution in [3.05, 3.63) is 218 Å². The quantitative estimate of drug-likeness (QED) is 0.167. The van der Waals surface area contributed by atoms with Gasteiger partial charge in [-0.05, 0) is 94.9 Å². The average Bonchev–Trinajstić information content (AvgIpc) is 4.02. The first-order valence-corrected chi connectivity index (χ1v) is 21.9. The summed E-state index contributed by atoms with van der Waals surface area (Å²) in [6.07, 6.45) is 0. The number of furan rings is 1. The van der Waals surface area contributed by atoms with Crippen molar-refractivity contribution in [3.63, 3.8) is 0 Å². The van der Waals surface area contributed by atoms with E-state index in [2.05, 4.69) is 228 Å². The molecule has 13 rings (SSSR count). The molecule has 0 radical (unpaired) electrons. The second kappa shape index (κ2) is 13.8. The van der Waals surface area contributed by atoms with E-state index in [9.17, 15) is 0 Å². The van der Waals surface area contributed by atoms with Crippen molar-refractivity contribution < 1.29 is 4.42 Å². The van der Waals surface area contributed by atoms with Gasteiger partial charge in [0.2, 0.25) is 0 Å². The van der Waals surface area contributed by atoms with Crippen molar-refractivity contribution in [1.82, 2.24) is 4.57 Å². The van der Waals surface area contributed by atoms with Crippen LogP contribution in [0, 0.1) is 0 Å². The minimum absolute atomic E-state index is 0.887. The maximum Gasteiger partial charge on any atom is 0.143 e. The number of benzene rings is 10. The van der Waals surface area contributed by atoms with Gasteiger partial charge in [0.1, 0.15) is 11.2 Å². The van der Waals surface area contributed by atoms with Crippen molar-refractivity contribution in [2.75, 3.05) is 4.90 Å². The third-order valence-electron chi connectivity index (χ3n) is 12.6. The zero-order valence-corrected chi connectivity index (χ0v) is 34.3. The largest absolute Gasteiger partial charge is 0.455 e. The number of rotatable bonds is 6. The van der Waals surface area contributed by atoms with Crippen LogP contribution in [0.4, 0.5) is 17.1 Å².